The highest BCUT2D eigenvalue weighted by atomic mass is 16.5. The lowest BCUT2D eigenvalue weighted by Crippen LogP contribution is -2.33. The van der Waals surface area contributed by atoms with E-state index in [1.807, 2.05) is 36.4 Å². The van der Waals surface area contributed by atoms with Crippen LogP contribution in [0.4, 0.5) is 5.69 Å². The van der Waals surface area contributed by atoms with Crippen LogP contribution in [0.3, 0.4) is 0 Å². The zero-order valence-corrected chi connectivity index (χ0v) is 13.0. The molecule has 0 spiro atoms. The van der Waals surface area contributed by atoms with E-state index < -0.39 is 0 Å². The summed E-state index contributed by atoms with van der Waals surface area (Å²) < 4.78 is 5.16. The second-order valence-electron chi connectivity index (χ2n) is 5.01. The van der Waals surface area contributed by atoms with E-state index in [1.165, 1.54) is 7.11 Å². The van der Waals surface area contributed by atoms with Gasteiger partial charge in [-0.25, -0.2) is 0 Å². The number of carbonyl (C=O) groups is 2. The number of hydrogen-bond donors (Lipinski definition) is 2. The first-order chi connectivity index (χ1) is 11.2. The maximum atomic E-state index is 11.9. The summed E-state index contributed by atoms with van der Waals surface area (Å²) in [5.74, 6) is 0.142. The van der Waals surface area contributed by atoms with Crippen molar-refractivity contribution < 1.29 is 14.3 Å². The second kappa shape index (κ2) is 8.58. The minimum Gasteiger partial charge on any atom is -0.495 e. The first-order valence-corrected chi connectivity index (χ1v) is 7.42. The molecule has 2 N–H and O–H groups in total. The normalized spacial score (nSPS) is 9.96. The van der Waals surface area contributed by atoms with E-state index in [0.29, 0.717) is 24.3 Å². The highest BCUT2D eigenvalue weighted by molar-refractivity contribution is 5.95. The van der Waals surface area contributed by atoms with Gasteiger partial charge in [-0.3, -0.25) is 9.59 Å². The van der Waals surface area contributed by atoms with Gasteiger partial charge in [0.2, 0.25) is 11.8 Å². The fourth-order valence-corrected chi connectivity index (χ4v) is 2.11. The van der Waals surface area contributed by atoms with Crippen LogP contribution in [0.15, 0.2) is 54.6 Å². The molecule has 0 heterocycles. The summed E-state index contributed by atoms with van der Waals surface area (Å²) in [5.41, 5.74) is 1.68. The van der Waals surface area contributed by atoms with Crippen molar-refractivity contribution in [2.45, 2.75) is 12.8 Å². The zero-order valence-electron chi connectivity index (χ0n) is 13.0. The Kier molecular flexibility index (Phi) is 6.17. The number of amides is 2. The van der Waals surface area contributed by atoms with Gasteiger partial charge in [0.1, 0.15) is 5.75 Å². The Labute approximate surface area is 135 Å². The summed E-state index contributed by atoms with van der Waals surface area (Å²) >= 11 is 0. The van der Waals surface area contributed by atoms with E-state index in [1.54, 1.807) is 18.2 Å². The van der Waals surface area contributed by atoms with Gasteiger partial charge >= 0.3 is 0 Å². The fourth-order valence-electron chi connectivity index (χ4n) is 2.11. The Morgan fingerprint density at radius 2 is 1.65 bits per heavy atom. The molecule has 23 heavy (non-hydrogen) atoms. The monoisotopic (exact) mass is 312 g/mol. The number of carbonyl (C=O) groups excluding carboxylic acids is 2. The Morgan fingerprint density at radius 1 is 0.957 bits per heavy atom. The Hall–Kier alpha value is -2.82. The number of para-hydroxylation sites is 2. The Bertz CT molecular complexity index is 656. The number of anilines is 1. The smallest absolute Gasteiger partial charge is 0.243 e. The third kappa shape index (κ3) is 5.47. The van der Waals surface area contributed by atoms with E-state index in [2.05, 4.69) is 10.6 Å². The predicted molar refractivity (Wildman–Crippen MR) is 89.4 cm³/mol. The molecule has 2 rings (SSSR count). The minimum absolute atomic E-state index is 0.0638. The van der Waals surface area contributed by atoms with E-state index in [-0.39, 0.29) is 18.4 Å². The summed E-state index contributed by atoms with van der Waals surface area (Å²) in [4.78, 5) is 23.7. The molecule has 5 nitrogen and oxygen atoms in total. The van der Waals surface area contributed by atoms with Gasteiger partial charge in [-0.1, -0.05) is 42.5 Å². The average molecular weight is 312 g/mol. The molecule has 0 saturated carbocycles. The van der Waals surface area contributed by atoms with Crippen LogP contribution in [0.25, 0.3) is 0 Å². The van der Waals surface area contributed by atoms with E-state index in [4.69, 9.17) is 4.74 Å². The van der Waals surface area contributed by atoms with Crippen molar-refractivity contribution in [2.75, 3.05) is 19.0 Å². The van der Waals surface area contributed by atoms with Crippen LogP contribution in [0.5, 0.6) is 5.75 Å². The fraction of sp³-hybridized carbons (Fsp3) is 0.222. The SMILES string of the molecule is COc1ccccc1NC(=O)CNC(=O)CCc1ccccc1. The largest absolute Gasteiger partial charge is 0.495 e. The van der Waals surface area contributed by atoms with Crippen LogP contribution < -0.4 is 15.4 Å². The van der Waals surface area contributed by atoms with Crippen molar-refractivity contribution in [3.05, 3.63) is 60.2 Å². The van der Waals surface area contributed by atoms with Gasteiger partial charge in [-0.05, 0) is 24.1 Å². The van der Waals surface area contributed by atoms with Crippen LogP contribution in [0.1, 0.15) is 12.0 Å². The zero-order chi connectivity index (χ0) is 16.5. The molecule has 0 aliphatic carbocycles. The summed E-state index contributed by atoms with van der Waals surface area (Å²) in [7, 11) is 1.54. The third-order valence-corrected chi connectivity index (χ3v) is 3.31. The maximum absolute atomic E-state index is 11.9. The number of ether oxygens (including phenoxy) is 1. The van der Waals surface area contributed by atoms with Crippen molar-refractivity contribution in [3.63, 3.8) is 0 Å². The first-order valence-electron chi connectivity index (χ1n) is 7.42. The standard InChI is InChI=1S/C18H20N2O3/c1-23-16-10-6-5-9-15(16)20-18(22)13-19-17(21)12-11-14-7-3-2-4-8-14/h2-10H,11-13H2,1H3,(H,19,21)(H,20,22). The van der Waals surface area contributed by atoms with Gasteiger partial charge in [0.05, 0.1) is 19.3 Å². The quantitative estimate of drug-likeness (QED) is 0.825. The molecular weight excluding hydrogens is 292 g/mol. The number of benzene rings is 2. The van der Waals surface area contributed by atoms with Crippen LogP contribution >= 0.6 is 0 Å². The van der Waals surface area contributed by atoms with Crippen molar-refractivity contribution in [2.24, 2.45) is 0 Å². The van der Waals surface area contributed by atoms with Crippen LogP contribution in [0, 0.1) is 0 Å². The average Bonchev–Trinajstić information content (AvgIpc) is 2.59. The van der Waals surface area contributed by atoms with Gasteiger partial charge < -0.3 is 15.4 Å². The molecule has 0 aromatic heterocycles. The van der Waals surface area contributed by atoms with E-state index >= 15 is 0 Å². The lowest BCUT2D eigenvalue weighted by Gasteiger charge is -2.10. The topological polar surface area (TPSA) is 67.4 Å². The molecule has 0 bridgehead atoms. The minimum atomic E-state index is -0.289. The lowest BCUT2D eigenvalue weighted by molar-refractivity contribution is -0.124. The molecule has 2 amide bonds. The number of aryl methyl sites for hydroxylation is 1. The number of rotatable bonds is 7. The molecule has 0 aliphatic heterocycles. The van der Waals surface area contributed by atoms with E-state index in [9.17, 15) is 9.59 Å². The number of methoxy groups -OCH3 is 1. The molecule has 0 radical (unpaired) electrons. The van der Waals surface area contributed by atoms with Crippen molar-refractivity contribution in [1.82, 2.24) is 5.32 Å². The summed E-state index contributed by atoms with van der Waals surface area (Å²) in [6, 6.07) is 16.9. The molecule has 0 unspecified atom stereocenters. The van der Waals surface area contributed by atoms with Crippen molar-refractivity contribution >= 4 is 17.5 Å². The molecule has 120 valence electrons. The summed E-state index contributed by atoms with van der Waals surface area (Å²) in [6.45, 7) is -0.0638. The number of nitrogens with one attached hydrogen (secondary N) is 2. The molecule has 0 saturated heterocycles. The summed E-state index contributed by atoms with van der Waals surface area (Å²) in [6.07, 6.45) is 1.01. The predicted octanol–water partition coefficient (Wildman–Crippen LogP) is 2.38. The molecule has 0 aliphatic rings. The second-order valence-corrected chi connectivity index (χ2v) is 5.01. The molecule has 2 aromatic carbocycles. The third-order valence-electron chi connectivity index (χ3n) is 3.31. The number of hydrogen-bond acceptors (Lipinski definition) is 3. The highest BCUT2D eigenvalue weighted by Crippen LogP contribution is 2.22. The molecule has 2 aromatic rings. The Morgan fingerprint density at radius 3 is 2.39 bits per heavy atom. The maximum Gasteiger partial charge on any atom is 0.243 e. The molecular formula is C18H20N2O3. The van der Waals surface area contributed by atoms with Crippen LogP contribution in [-0.4, -0.2) is 25.5 Å². The lowest BCUT2D eigenvalue weighted by atomic mass is 10.1. The molecule has 0 fully saturated rings. The van der Waals surface area contributed by atoms with Gasteiger partial charge in [0.15, 0.2) is 0 Å². The van der Waals surface area contributed by atoms with Gasteiger partial charge in [-0.15, -0.1) is 0 Å². The molecule has 0 atom stereocenters. The van der Waals surface area contributed by atoms with Crippen molar-refractivity contribution in [1.29, 1.82) is 0 Å². The Balaban J connectivity index is 1.74. The van der Waals surface area contributed by atoms with Crippen molar-refractivity contribution in [3.8, 4) is 5.75 Å². The highest BCUT2D eigenvalue weighted by Gasteiger charge is 2.08. The van der Waals surface area contributed by atoms with Crippen LogP contribution in [-0.2, 0) is 16.0 Å². The first kappa shape index (κ1) is 16.5. The summed E-state index contributed by atoms with van der Waals surface area (Å²) in [5, 5.41) is 5.33. The van der Waals surface area contributed by atoms with Gasteiger partial charge in [0, 0.05) is 6.42 Å². The van der Waals surface area contributed by atoms with Crippen LogP contribution in [0.2, 0.25) is 0 Å². The molecule has 5 heteroatoms. The van der Waals surface area contributed by atoms with Gasteiger partial charge in [-0.2, -0.15) is 0 Å². The van der Waals surface area contributed by atoms with E-state index in [0.717, 1.165) is 5.56 Å². The van der Waals surface area contributed by atoms with Gasteiger partial charge in [0.25, 0.3) is 0 Å².